The Morgan fingerprint density at radius 3 is 2.79 bits per heavy atom. The Labute approximate surface area is 190 Å². The summed E-state index contributed by atoms with van der Waals surface area (Å²) in [5, 5.41) is 9.62. The lowest BCUT2D eigenvalue weighted by molar-refractivity contribution is -0.124. The van der Waals surface area contributed by atoms with Crippen molar-refractivity contribution < 1.29 is 9.53 Å². The van der Waals surface area contributed by atoms with E-state index in [0.717, 1.165) is 43.1 Å². The zero-order valence-corrected chi connectivity index (χ0v) is 20.4. The van der Waals surface area contributed by atoms with E-state index in [4.69, 9.17) is 4.74 Å². The van der Waals surface area contributed by atoms with Crippen molar-refractivity contribution in [3.63, 3.8) is 0 Å². The molecule has 3 N–H and O–H groups in total. The Morgan fingerprint density at radius 2 is 2.14 bits per heavy atom. The summed E-state index contributed by atoms with van der Waals surface area (Å²) in [5.74, 6) is 0.732. The van der Waals surface area contributed by atoms with Gasteiger partial charge in [-0.25, -0.2) is 4.99 Å². The lowest BCUT2D eigenvalue weighted by Crippen LogP contribution is -2.43. The standard InChI is InChI=1S/C20H32N4O2S.HI/c1-5-21-19(23-14-20(2,3)27-4)22-13-15-8-6-9-16(12-15)24-18(25)17-10-7-11-26-17;/h6,8-9,12,17H,5,7,10-11,13-14H2,1-4H3,(H,24,25)(H2,21,22,23);1H. The largest absolute Gasteiger partial charge is 0.368 e. The lowest BCUT2D eigenvalue weighted by Gasteiger charge is -2.23. The van der Waals surface area contributed by atoms with Gasteiger partial charge in [0.25, 0.3) is 5.91 Å². The zero-order valence-electron chi connectivity index (χ0n) is 17.2. The molecule has 1 aliphatic rings. The molecule has 28 heavy (non-hydrogen) atoms. The summed E-state index contributed by atoms with van der Waals surface area (Å²) in [6.07, 6.45) is 3.53. The van der Waals surface area contributed by atoms with E-state index in [2.05, 4.69) is 48.0 Å². The maximum absolute atomic E-state index is 12.2. The van der Waals surface area contributed by atoms with Crippen LogP contribution in [0.5, 0.6) is 0 Å². The number of aliphatic imine (C=N–C) groups is 1. The van der Waals surface area contributed by atoms with Crippen LogP contribution in [0.3, 0.4) is 0 Å². The molecular weight excluding hydrogens is 487 g/mol. The SMILES string of the molecule is CCNC(=NCc1cccc(NC(=O)C2CCCO2)c1)NCC(C)(C)SC.I. The average Bonchev–Trinajstić information content (AvgIpc) is 3.19. The minimum atomic E-state index is -0.323. The van der Waals surface area contributed by atoms with Crippen LogP contribution in [0.2, 0.25) is 0 Å². The number of guanidine groups is 1. The molecule has 1 aromatic rings. The Kier molecular flexibility index (Phi) is 11.2. The molecule has 2 rings (SSSR count). The van der Waals surface area contributed by atoms with E-state index >= 15 is 0 Å². The number of hydrogen-bond acceptors (Lipinski definition) is 4. The van der Waals surface area contributed by atoms with Crippen molar-refractivity contribution in [3.8, 4) is 0 Å². The van der Waals surface area contributed by atoms with Crippen LogP contribution in [-0.4, -0.2) is 48.7 Å². The molecule has 0 aromatic heterocycles. The summed E-state index contributed by atoms with van der Waals surface area (Å²) < 4.78 is 5.58. The summed E-state index contributed by atoms with van der Waals surface area (Å²) in [7, 11) is 0. The van der Waals surface area contributed by atoms with Gasteiger partial charge in [0.15, 0.2) is 5.96 Å². The van der Waals surface area contributed by atoms with Gasteiger partial charge in [0, 0.05) is 30.1 Å². The van der Waals surface area contributed by atoms with E-state index in [1.807, 2.05) is 36.0 Å². The Morgan fingerprint density at radius 1 is 1.36 bits per heavy atom. The number of nitrogens with zero attached hydrogens (tertiary/aromatic N) is 1. The Hall–Kier alpha value is -1.00. The molecule has 0 aliphatic carbocycles. The number of carbonyl (C=O) groups excluding carboxylic acids is 1. The fraction of sp³-hybridized carbons (Fsp3) is 0.600. The van der Waals surface area contributed by atoms with Gasteiger partial charge in [0.05, 0.1) is 6.54 Å². The molecule has 1 amide bonds. The van der Waals surface area contributed by atoms with Crippen molar-refractivity contribution in [3.05, 3.63) is 29.8 Å². The summed E-state index contributed by atoms with van der Waals surface area (Å²) in [5.41, 5.74) is 1.83. The van der Waals surface area contributed by atoms with Crippen molar-refractivity contribution in [1.29, 1.82) is 0 Å². The molecule has 1 heterocycles. The number of benzene rings is 1. The number of hydrogen-bond donors (Lipinski definition) is 3. The fourth-order valence-corrected chi connectivity index (χ4v) is 2.85. The number of rotatable bonds is 8. The molecule has 1 fully saturated rings. The monoisotopic (exact) mass is 520 g/mol. The van der Waals surface area contributed by atoms with Crippen LogP contribution in [0.4, 0.5) is 5.69 Å². The minimum absolute atomic E-state index is 0. The Balaban J connectivity index is 0.00000392. The fourth-order valence-electron chi connectivity index (χ4n) is 2.64. The number of halogens is 1. The smallest absolute Gasteiger partial charge is 0.253 e. The van der Waals surface area contributed by atoms with Crippen LogP contribution in [0.15, 0.2) is 29.3 Å². The molecule has 1 aliphatic heterocycles. The van der Waals surface area contributed by atoms with Crippen molar-refractivity contribution in [1.82, 2.24) is 10.6 Å². The molecule has 158 valence electrons. The van der Waals surface area contributed by atoms with Crippen molar-refractivity contribution >= 4 is 53.3 Å². The second kappa shape index (κ2) is 12.5. The molecule has 8 heteroatoms. The van der Waals surface area contributed by atoms with Gasteiger partial charge < -0.3 is 20.7 Å². The van der Waals surface area contributed by atoms with E-state index in [1.165, 1.54) is 0 Å². The highest BCUT2D eigenvalue weighted by Gasteiger charge is 2.23. The normalized spacial score (nSPS) is 17.0. The first-order valence-corrected chi connectivity index (χ1v) is 10.7. The number of ether oxygens (including phenoxy) is 1. The molecule has 0 bridgehead atoms. The van der Waals surface area contributed by atoms with Gasteiger partial charge in [-0.15, -0.1) is 24.0 Å². The van der Waals surface area contributed by atoms with Gasteiger partial charge in [0.2, 0.25) is 0 Å². The highest BCUT2D eigenvalue weighted by Crippen LogP contribution is 2.19. The number of nitrogens with one attached hydrogen (secondary N) is 3. The van der Waals surface area contributed by atoms with Crippen molar-refractivity contribution in [2.45, 2.75) is 51.0 Å². The lowest BCUT2D eigenvalue weighted by atomic mass is 10.2. The third kappa shape index (κ3) is 8.57. The zero-order chi connectivity index (χ0) is 19.7. The van der Waals surface area contributed by atoms with E-state index < -0.39 is 0 Å². The first-order valence-electron chi connectivity index (χ1n) is 9.52. The molecule has 1 atom stereocenters. The quantitative estimate of drug-likeness (QED) is 0.278. The summed E-state index contributed by atoms with van der Waals surface area (Å²) in [6.45, 7) is 9.31. The summed E-state index contributed by atoms with van der Waals surface area (Å²) in [6, 6.07) is 7.81. The Bertz CT molecular complexity index is 649. The topological polar surface area (TPSA) is 74.8 Å². The molecule has 0 spiro atoms. The predicted molar refractivity (Wildman–Crippen MR) is 130 cm³/mol. The number of thioether (sulfide) groups is 1. The molecule has 0 saturated carbocycles. The molecule has 1 aromatic carbocycles. The molecule has 1 saturated heterocycles. The number of carbonyl (C=O) groups is 1. The van der Waals surface area contributed by atoms with E-state index in [1.54, 1.807) is 0 Å². The number of anilines is 1. The van der Waals surface area contributed by atoms with E-state index in [0.29, 0.717) is 13.2 Å². The molecular formula is C20H33IN4O2S. The van der Waals surface area contributed by atoms with Crippen molar-refractivity contribution in [2.24, 2.45) is 4.99 Å². The summed E-state index contributed by atoms with van der Waals surface area (Å²) in [4.78, 5) is 16.9. The highest BCUT2D eigenvalue weighted by atomic mass is 127. The van der Waals surface area contributed by atoms with Gasteiger partial charge in [-0.05, 0) is 57.6 Å². The second-order valence-electron chi connectivity index (χ2n) is 7.20. The van der Waals surface area contributed by atoms with Crippen LogP contribution < -0.4 is 16.0 Å². The van der Waals surface area contributed by atoms with Gasteiger partial charge in [-0.2, -0.15) is 11.8 Å². The van der Waals surface area contributed by atoms with Gasteiger partial charge in [-0.3, -0.25) is 4.79 Å². The molecule has 1 unspecified atom stereocenters. The minimum Gasteiger partial charge on any atom is -0.368 e. The highest BCUT2D eigenvalue weighted by molar-refractivity contribution is 14.0. The first kappa shape index (κ1) is 25.0. The van der Waals surface area contributed by atoms with Gasteiger partial charge in [0.1, 0.15) is 6.10 Å². The van der Waals surface area contributed by atoms with Crippen molar-refractivity contribution in [2.75, 3.05) is 31.3 Å². The molecule has 0 radical (unpaired) electrons. The van der Waals surface area contributed by atoms with Crippen LogP contribution in [0, 0.1) is 0 Å². The van der Waals surface area contributed by atoms with Crippen LogP contribution in [-0.2, 0) is 16.1 Å². The number of amides is 1. The van der Waals surface area contributed by atoms with Crippen LogP contribution in [0.25, 0.3) is 0 Å². The van der Waals surface area contributed by atoms with E-state index in [-0.39, 0.29) is 40.7 Å². The molecule has 6 nitrogen and oxygen atoms in total. The van der Waals surface area contributed by atoms with Gasteiger partial charge >= 0.3 is 0 Å². The van der Waals surface area contributed by atoms with Crippen LogP contribution >= 0.6 is 35.7 Å². The van der Waals surface area contributed by atoms with Gasteiger partial charge in [-0.1, -0.05) is 12.1 Å². The average molecular weight is 520 g/mol. The van der Waals surface area contributed by atoms with Crippen LogP contribution in [0.1, 0.15) is 39.2 Å². The van der Waals surface area contributed by atoms with E-state index in [9.17, 15) is 4.79 Å². The first-order chi connectivity index (χ1) is 12.9. The third-order valence-electron chi connectivity index (χ3n) is 4.41. The predicted octanol–water partition coefficient (Wildman–Crippen LogP) is 3.62. The third-order valence-corrected chi connectivity index (χ3v) is 5.66. The summed E-state index contributed by atoms with van der Waals surface area (Å²) >= 11 is 1.82. The second-order valence-corrected chi connectivity index (χ2v) is 8.72. The maximum Gasteiger partial charge on any atom is 0.253 e. The maximum atomic E-state index is 12.2.